The van der Waals surface area contributed by atoms with E-state index in [9.17, 15) is 14.0 Å². The third-order valence-corrected chi connectivity index (χ3v) is 6.05. The lowest BCUT2D eigenvalue weighted by Gasteiger charge is -2.15. The molecule has 1 N–H and O–H groups in total. The lowest BCUT2D eigenvalue weighted by atomic mass is 10.1. The first kappa shape index (κ1) is 20.1. The highest BCUT2D eigenvalue weighted by molar-refractivity contribution is 7.10. The van der Waals surface area contributed by atoms with E-state index in [1.165, 1.54) is 16.7 Å². The zero-order chi connectivity index (χ0) is 21.3. The summed E-state index contributed by atoms with van der Waals surface area (Å²) in [6.07, 6.45) is 2.32. The van der Waals surface area contributed by atoms with Crippen LogP contribution in [0.3, 0.4) is 0 Å². The van der Waals surface area contributed by atoms with Gasteiger partial charge in [0.15, 0.2) is 0 Å². The van der Waals surface area contributed by atoms with Crippen LogP contribution >= 0.6 is 11.3 Å². The number of benzene rings is 1. The second kappa shape index (κ2) is 8.28. The molecule has 3 aromatic heterocycles. The fourth-order valence-electron chi connectivity index (χ4n) is 3.59. The van der Waals surface area contributed by atoms with Crippen molar-refractivity contribution in [2.45, 2.75) is 32.9 Å². The molecule has 0 saturated heterocycles. The van der Waals surface area contributed by atoms with Crippen molar-refractivity contribution in [2.75, 3.05) is 0 Å². The largest absolute Gasteiger partial charge is 0.460 e. The Morgan fingerprint density at radius 2 is 2.10 bits per heavy atom. The third kappa shape index (κ3) is 3.80. The summed E-state index contributed by atoms with van der Waals surface area (Å²) in [5, 5.41) is 5.23. The number of hydrogen-bond donors (Lipinski definition) is 1. The highest BCUT2D eigenvalue weighted by Gasteiger charge is 2.24. The number of aryl methyl sites for hydroxylation is 1. The number of carbonyl (C=O) groups excluding carboxylic acids is 1. The maximum absolute atomic E-state index is 13.5. The lowest BCUT2D eigenvalue weighted by Crippen LogP contribution is -2.29. The summed E-state index contributed by atoms with van der Waals surface area (Å²) in [4.78, 5) is 27.3. The Labute approximate surface area is 176 Å². The molecule has 0 aliphatic rings. The quantitative estimate of drug-likeness (QED) is 0.472. The Hall–Kier alpha value is -3.19. The molecule has 0 saturated carbocycles. The molecule has 1 aromatic carbocycles. The van der Waals surface area contributed by atoms with Crippen molar-refractivity contribution >= 4 is 28.2 Å². The number of amides is 1. The highest BCUT2D eigenvalue weighted by atomic mass is 32.1. The van der Waals surface area contributed by atoms with Gasteiger partial charge in [-0.3, -0.25) is 9.59 Å². The Bertz CT molecular complexity index is 1260. The molecule has 30 heavy (non-hydrogen) atoms. The zero-order valence-electron chi connectivity index (χ0n) is 16.6. The molecule has 0 aliphatic heterocycles. The minimum absolute atomic E-state index is 0.139. The molecule has 0 bridgehead atoms. The molecule has 7 heteroatoms. The number of thiophene rings is 1. The Morgan fingerprint density at radius 1 is 1.27 bits per heavy atom. The van der Waals surface area contributed by atoms with Crippen LogP contribution in [0.1, 0.15) is 45.9 Å². The topological polar surface area (TPSA) is 64.2 Å². The van der Waals surface area contributed by atoms with E-state index >= 15 is 0 Å². The van der Waals surface area contributed by atoms with Crippen molar-refractivity contribution in [3.8, 4) is 0 Å². The number of carbonyl (C=O) groups is 1. The van der Waals surface area contributed by atoms with Crippen LogP contribution in [0.5, 0.6) is 0 Å². The number of fused-ring (bicyclic) bond motifs is 1. The minimum Gasteiger partial charge on any atom is -0.460 e. The summed E-state index contributed by atoms with van der Waals surface area (Å²) in [6.45, 7) is 3.87. The van der Waals surface area contributed by atoms with Crippen LogP contribution in [-0.2, 0) is 6.54 Å². The first-order valence-electron chi connectivity index (χ1n) is 9.69. The number of rotatable bonds is 6. The van der Waals surface area contributed by atoms with Gasteiger partial charge in [-0.2, -0.15) is 0 Å². The van der Waals surface area contributed by atoms with Gasteiger partial charge < -0.3 is 14.3 Å². The standard InChI is InChI=1S/C23H21FN2O3S/c1-3-17(19-8-5-11-30-19)25-22(27)20-14(2)29-18-9-10-26(23(28)21(18)20)13-15-6-4-7-16(24)12-15/h4-12,17H,3,13H2,1-2H3,(H,25,27)/t17-/m0/s1. The van der Waals surface area contributed by atoms with Crippen LogP contribution < -0.4 is 10.9 Å². The molecule has 1 atom stereocenters. The number of nitrogens with one attached hydrogen (secondary N) is 1. The summed E-state index contributed by atoms with van der Waals surface area (Å²) in [6, 6.07) is 11.5. The number of furan rings is 1. The van der Waals surface area contributed by atoms with Gasteiger partial charge in [0.1, 0.15) is 17.2 Å². The molecule has 0 aliphatic carbocycles. The van der Waals surface area contributed by atoms with E-state index in [1.54, 1.807) is 42.7 Å². The first-order valence-corrected chi connectivity index (χ1v) is 10.6. The predicted molar refractivity (Wildman–Crippen MR) is 116 cm³/mol. The van der Waals surface area contributed by atoms with Gasteiger partial charge in [0.2, 0.25) is 0 Å². The van der Waals surface area contributed by atoms with E-state index in [-0.39, 0.29) is 40.8 Å². The molecule has 0 unspecified atom stereocenters. The molecule has 1 amide bonds. The third-order valence-electron chi connectivity index (χ3n) is 5.06. The summed E-state index contributed by atoms with van der Waals surface area (Å²) in [7, 11) is 0. The van der Waals surface area contributed by atoms with Gasteiger partial charge in [-0.05, 0) is 48.6 Å². The van der Waals surface area contributed by atoms with Crippen molar-refractivity contribution < 1.29 is 13.6 Å². The molecule has 0 radical (unpaired) electrons. The highest BCUT2D eigenvalue weighted by Crippen LogP contribution is 2.26. The van der Waals surface area contributed by atoms with Gasteiger partial charge in [-0.1, -0.05) is 25.1 Å². The van der Waals surface area contributed by atoms with Crippen molar-refractivity contribution in [3.63, 3.8) is 0 Å². The van der Waals surface area contributed by atoms with Crippen molar-refractivity contribution in [2.24, 2.45) is 0 Å². The van der Waals surface area contributed by atoms with Crippen LogP contribution in [0.4, 0.5) is 4.39 Å². The Balaban J connectivity index is 1.72. The van der Waals surface area contributed by atoms with Crippen molar-refractivity contribution in [1.82, 2.24) is 9.88 Å². The maximum Gasteiger partial charge on any atom is 0.262 e. The molecular weight excluding hydrogens is 403 g/mol. The summed E-state index contributed by atoms with van der Waals surface area (Å²) in [5.74, 6) is -0.309. The number of halogens is 1. The smallest absolute Gasteiger partial charge is 0.262 e. The molecule has 0 spiro atoms. The summed E-state index contributed by atoms with van der Waals surface area (Å²) in [5.41, 5.74) is 0.926. The number of pyridine rings is 1. The van der Waals surface area contributed by atoms with E-state index < -0.39 is 0 Å². The molecule has 154 valence electrons. The summed E-state index contributed by atoms with van der Waals surface area (Å²) < 4.78 is 20.7. The van der Waals surface area contributed by atoms with Crippen LogP contribution in [0, 0.1) is 12.7 Å². The molecule has 3 heterocycles. The Kier molecular flexibility index (Phi) is 5.55. The van der Waals surface area contributed by atoms with Gasteiger partial charge in [0, 0.05) is 11.1 Å². The fourth-order valence-corrected chi connectivity index (χ4v) is 4.45. The van der Waals surface area contributed by atoms with Gasteiger partial charge in [0.05, 0.1) is 23.5 Å². The van der Waals surface area contributed by atoms with Crippen LogP contribution in [-0.4, -0.2) is 10.5 Å². The van der Waals surface area contributed by atoms with Gasteiger partial charge in [0.25, 0.3) is 11.5 Å². The van der Waals surface area contributed by atoms with Crippen LogP contribution in [0.2, 0.25) is 0 Å². The predicted octanol–water partition coefficient (Wildman–Crippen LogP) is 5.03. The number of aromatic nitrogens is 1. The SMILES string of the molecule is CC[C@H](NC(=O)c1c(C)oc2ccn(Cc3cccc(F)c3)c(=O)c12)c1cccs1. The molecule has 0 fully saturated rings. The normalized spacial score (nSPS) is 12.2. The second-order valence-electron chi connectivity index (χ2n) is 7.10. The first-order chi connectivity index (χ1) is 14.5. The van der Waals surface area contributed by atoms with Crippen molar-refractivity contribution in [3.05, 3.63) is 92.0 Å². The fraction of sp³-hybridized carbons (Fsp3) is 0.217. The van der Waals surface area contributed by atoms with Gasteiger partial charge in [-0.15, -0.1) is 11.3 Å². The molecule has 4 aromatic rings. The minimum atomic E-state index is -0.361. The van der Waals surface area contributed by atoms with E-state index in [4.69, 9.17) is 4.42 Å². The monoisotopic (exact) mass is 424 g/mol. The molecule has 4 rings (SSSR count). The number of hydrogen-bond acceptors (Lipinski definition) is 4. The maximum atomic E-state index is 13.5. The Morgan fingerprint density at radius 3 is 2.80 bits per heavy atom. The zero-order valence-corrected chi connectivity index (χ0v) is 17.5. The second-order valence-corrected chi connectivity index (χ2v) is 8.08. The molecule has 5 nitrogen and oxygen atoms in total. The van der Waals surface area contributed by atoms with Crippen LogP contribution in [0.25, 0.3) is 11.0 Å². The summed E-state index contributed by atoms with van der Waals surface area (Å²) >= 11 is 1.58. The number of nitrogens with zero attached hydrogens (tertiary/aromatic N) is 1. The van der Waals surface area contributed by atoms with E-state index in [2.05, 4.69) is 5.32 Å². The van der Waals surface area contributed by atoms with Gasteiger partial charge in [-0.25, -0.2) is 4.39 Å². The average Bonchev–Trinajstić information content (AvgIpc) is 3.36. The lowest BCUT2D eigenvalue weighted by molar-refractivity contribution is 0.0936. The van der Waals surface area contributed by atoms with Crippen molar-refractivity contribution in [1.29, 1.82) is 0 Å². The van der Waals surface area contributed by atoms with E-state index in [0.29, 0.717) is 16.9 Å². The van der Waals surface area contributed by atoms with E-state index in [1.807, 2.05) is 24.4 Å². The van der Waals surface area contributed by atoms with Gasteiger partial charge >= 0.3 is 0 Å². The van der Waals surface area contributed by atoms with Crippen LogP contribution in [0.15, 0.2) is 63.3 Å². The molecular formula is C23H21FN2O3S. The average molecular weight is 424 g/mol. The van der Waals surface area contributed by atoms with E-state index in [0.717, 1.165) is 11.3 Å².